The van der Waals surface area contributed by atoms with E-state index < -0.39 is 11.6 Å². The summed E-state index contributed by atoms with van der Waals surface area (Å²) in [6, 6.07) is 7.00. The van der Waals surface area contributed by atoms with Crippen LogP contribution in [0.4, 0.5) is 4.79 Å². The van der Waals surface area contributed by atoms with Crippen molar-refractivity contribution in [1.82, 2.24) is 15.1 Å². The highest BCUT2D eigenvalue weighted by Gasteiger charge is 2.56. The summed E-state index contributed by atoms with van der Waals surface area (Å²) in [7, 11) is 0. The van der Waals surface area contributed by atoms with Crippen molar-refractivity contribution in [2.75, 3.05) is 6.54 Å². The Morgan fingerprint density at radius 3 is 2.71 bits per heavy atom. The average molecular weight is 444 g/mol. The lowest BCUT2D eigenvalue weighted by atomic mass is 9.64. The van der Waals surface area contributed by atoms with Crippen LogP contribution >= 0.6 is 11.3 Å². The summed E-state index contributed by atoms with van der Waals surface area (Å²) in [6.07, 6.45) is 3.77. The summed E-state index contributed by atoms with van der Waals surface area (Å²) >= 11 is 1.56. The van der Waals surface area contributed by atoms with Crippen molar-refractivity contribution in [1.29, 1.82) is 0 Å². The Labute approximate surface area is 186 Å². The highest BCUT2D eigenvalue weighted by atomic mass is 32.1. The maximum Gasteiger partial charge on any atom is 0.325 e. The molecule has 1 aliphatic carbocycles. The predicted octanol–water partition coefficient (Wildman–Crippen LogP) is 4.01. The van der Waals surface area contributed by atoms with Crippen LogP contribution < -0.4 is 5.32 Å². The van der Waals surface area contributed by atoms with Crippen LogP contribution in [-0.2, 0) is 22.7 Å². The van der Waals surface area contributed by atoms with Crippen LogP contribution in [-0.4, -0.2) is 39.7 Å². The van der Waals surface area contributed by atoms with Gasteiger partial charge in [-0.2, -0.15) is 0 Å². The van der Waals surface area contributed by atoms with E-state index in [0.717, 1.165) is 16.2 Å². The largest absolute Gasteiger partial charge is 0.467 e. The van der Waals surface area contributed by atoms with Crippen molar-refractivity contribution in [2.45, 2.75) is 58.7 Å². The van der Waals surface area contributed by atoms with Crippen LogP contribution in [0.15, 0.2) is 40.3 Å². The molecule has 2 atom stereocenters. The summed E-state index contributed by atoms with van der Waals surface area (Å²) in [5.74, 6) is 0.410. The van der Waals surface area contributed by atoms with Gasteiger partial charge in [-0.25, -0.2) is 4.79 Å². The third kappa shape index (κ3) is 4.54. The fourth-order valence-corrected chi connectivity index (χ4v) is 6.02. The molecule has 1 spiro atoms. The van der Waals surface area contributed by atoms with Gasteiger partial charge in [0.2, 0.25) is 5.91 Å². The monoisotopic (exact) mass is 443 g/mol. The normalized spacial score (nSPS) is 25.1. The molecule has 2 fully saturated rings. The minimum Gasteiger partial charge on any atom is -0.467 e. The minimum atomic E-state index is -0.905. The van der Waals surface area contributed by atoms with E-state index in [0.29, 0.717) is 31.1 Å². The molecule has 1 N–H and O–H groups in total. The number of furan rings is 1. The standard InChI is InChI=1S/C23H29N3O4S/c1-16-10-22(2,3)15-23(11-16)20(28)26(21(29)24-23)14-19(27)25(12-17-6-4-8-30-17)13-18-7-5-9-31-18/h4-9,16H,10-15H2,1-3H3,(H,24,29). The highest BCUT2D eigenvalue weighted by molar-refractivity contribution is 7.09. The quantitative estimate of drug-likeness (QED) is 0.684. The van der Waals surface area contributed by atoms with E-state index in [1.54, 1.807) is 28.6 Å². The third-order valence-corrected chi connectivity index (χ3v) is 6.99. The smallest absolute Gasteiger partial charge is 0.325 e. The Kier molecular flexibility index (Phi) is 5.68. The molecule has 1 saturated heterocycles. The molecule has 2 aromatic heterocycles. The van der Waals surface area contributed by atoms with Crippen molar-refractivity contribution in [2.24, 2.45) is 11.3 Å². The van der Waals surface area contributed by atoms with Gasteiger partial charge in [0.15, 0.2) is 0 Å². The molecule has 4 rings (SSSR count). The maximum atomic E-state index is 13.4. The second-order valence-electron chi connectivity index (χ2n) is 9.67. The number of imide groups is 1. The van der Waals surface area contributed by atoms with Gasteiger partial charge < -0.3 is 14.6 Å². The van der Waals surface area contributed by atoms with Gasteiger partial charge >= 0.3 is 6.03 Å². The highest BCUT2D eigenvalue weighted by Crippen LogP contribution is 2.46. The second kappa shape index (κ2) is 8.15. The third-order valence-electron chi connectivity index (χ3n) is 6.12. The summed E-state index contributed by atoms with van der Waals surface area (Å²) in [5.41, 5.74) is -0.955. The lowest BCUT2D eigenvalue weighted by molar-refractivity contribution is -0.141. The molecule has 0 radical (unpaired) electrons. The first-order valence-corrected chi connectivity index (χ1v) is 11.5. The molecule has 31 heavy (non-hydrogen) atoms. The van der Waals surface area contributed by atoms with E-state index in [4.69, 9.17) is 4.42 Å². The Morgan fingerprint density at radius 2 is 2.06 bits per heavy atom. The molecule has 8 heteroatoms. The molecule has 2 unspecified atom stereocenters. The molecular formula is C23H29N3O4S. The summed E-state index contributed by atoms with van der Waals surface area (Å²) < 4.78 is 5.42. The number of carbonyl (C=O) groups excluding carboxylic acids is 3. The Morgan fingerprint density at radius 1 is 1.26 bits per heavy atom. The van der Waals surface area contributed by atoms with Crippen molar-refractivity contribution >= 4 is 29.2 Å². The lowest BCUT2D eigenvalue weighted by Gasteiger charge is -2.43. The van der Waals surface area contributed by atoms with Crippen LogP contribution in [0.5, 0.6) is 0 Å². The molecule has 0 bridgehead atoms. The van der Waals surface area contributed by atoms with Crippen LogP contribution in [0.1, 0.15) is 50.7 Å². The number of rotatable bonds is 6. The van der Waals surface area contributed by atoms with E-state index in [9.17, 15) is 14.4 Å². The van der Waals surface area contributed by atoms with Gasteiger partial charge in [-0.05, 0) is 54.2 Å². The molecule has 7 nitrogen and oxygen atoms in total. The van der Waals surface area contributed by atoms with E-state index in [2.05, 4.69) is 26.1 Å². The van der Waals surface area contributed by atoms with Gasteiger partial charge in [-0.1, -0.05) is 26.8 Å². The van der Waals surface area contributed by atoms with Crippen LogP contribution in [0.2, 0.25) is 0 Å². The molecule has 2 aromatic rings. The molecule has 1 aliphatic heterocycles. The van der Waals surface area contributed by atoms with Gasteiger partial charge in [-0.3, -0.25) is 14.5 Å². The number of nitrogens with zero attached hydrogens (tertiary/aromatic N) is 2. The maximum absolute atomic E-state index is 13.4. The van der Waals surface area contributed by atoms with Crippen LogP contribution in [0, 0.1) is 11.3 Å². The van der Waals surface area contributed by atoms with E-state index in [1.807, 2.05) is 23.6 Å². The predicted molar refractivity (Wildman–Crippen MR) is 117 cm³/mol. The van der Waals surface area contributed by atoms with Gasteiger partial charge in [-0.15, -0.1) is 11.3 Å². The van der Waals surface area contributed by atoms with Crippen molar-refractivity contribution in [3.8, 4) is 0 Å². The summed E-state index contributed by atoms with van der Waals surface area (Å²) in [4.78, 5) is 43.1. The zero-order valence-electron chi connectivity index (χ0n) is 18.2. The van der Waals surface area contributed by atoms with Gasteiger partial charge in [0, 0.05) is 4.88 Å². The molecule has 166 valence electrons. The fraction of sp³-hybridized carbons (Fsp3) is 0.522. The number of amides is 4. The first kappa shape index (κ1) is 21.6. The first-order valence-electron chi connectivity index (χ1n) is 10.6. The first-order chi connectivity index (χ1) is 14.7. The number of hydrogen-bond acceptors (Lipinski definition) is 5. The SMILES string of the molecule is CC1CC(C)(C)CC2(C1)NC(=O)N(CC(=O)N(Cc1ccco1)Cc1cccs1)C2=O. The van der Waals surface area contributed by atoms with Gasteiger partial charge in [0.25, 0.3) is 5.91 Å². The average Bonchev–Trinajstić information content (AvgIpc) is 3.40. The molecule has 2 aliphatic rings. The Balaban J connectivity index is 1.51. The van der Waals surface area contributed by atoms with E-state index in [-0.39, 0.29) is 30.3 Å². The number of hydrogen-bond donors (Lipinski definition) is 1. The number of carbonyl (C=O) groups is 3. The van der Waals surface area contributed by atoms with Gasteiger partial charge in [0.05, 0.1) is 19.4 Å². The zero-order chi connectivity index (χ0) is 22.2. The summed E-state index contributed by atoms with van der Waals surface area (Å²) in [5, 5.41) is 4.90. The molecule has 4 amide bonds. The fourth-order valence-electron chi connectivity index (χ4n) is 5.30. The molecular weight excluding hydrogens is 414 g/mol. The van der Waals surface area contributed by atoms with Crippen molar-refractivity contribution in [3.63, 3.8) is 0 Å². The molecule has 3 heterocycles. The van der Waals surface area contributed by atoms with E-state index >= 15 is 0 Å². The van der Waals surface area contributed by atoms with Crippen molar-refractivity contribution in [3.05, 3.63) is 46.5 Å². The second-order valence-corrected chi connectivity index (χ2v) is 10.7. The molecule has 1 saturated carbocycles. The lowest BCUT2D eigenvalue weighted by Crippen LogP contribution is -2.54. The van der Waals surface area contributed by atoms with Crippen molar-refractivity contribution < 1.29 is 18.8 Å². The molecule has 0 aromatic carbocycles. The number of urea groups is 1. The summed E-state index contributed by atoms with van der Waals surface area (Å²) in [6.45, 7) is 6.78. The Bertz CT molecular complexity index is 917. The minimum absolute atomic E-state index is 0.0505. The van der Waals surface area contributed by atoms with Gasteiger partial charge in [0.1, 0.15) is 17.8 Å². The topological polar surface area (TPSA) is 82.9 Å². The zero-order valence-corrected chi connectivity index (χ0v) is 19.0. The van der Waals surface area contributed by atoms with Crippen LogP contribution in [0.3, 0.4) is 0 Å². The van der Waals surface area contributed by atoms with E-state index in [1.165, 1.54) is 0 Å². The van der Waals surface area contributed by atoms with Crippen LogP contribution in [0.25, 0.3) is 0 Å². The number of thiophene rings is 1. The number of nitrogens with one attached hydrogen (secondary N) is 1. The Hall–Kier alpha value is -2.61.